The Morgan fingerprint density at radius 2 is 1.55 bits per heavy atom. The molecule has 6 rings (SSSR count). The summed E-state index contributed by atoms with van der Waals surface area (Å²) in [4.78, 5) is 68.9. The molecule has 58 heavy (non-hydrogen) atoms. The molecule has 1 heterocycles. The van der Waals surface area contributed by atoms with E-state index >= 15 is 0 Å². The number of alkyl carbamates (subject to hydrolysis) is 1. The van der Waals surface area contributed by atoms with Gasteiger partial charge in [0.25, 0.3) is 0 Å². The van der Waals surface area contributed by atoms with Crippen molar-refractivity contribution in [3.8, 4) is 0 Å². The average Bonchev–Trinajstić information content (AvgIpc) is 3.14. The third-order valence-corrected chi connectivity index (χ3v) is 12.6. The van der Waals surface area contributed by atoms with Crippen LogP contribution in [0.3, 0.4) is 0 Å². The van der Waals surface area contributed by atoms with Crippen LogP contribution < -0.4 is 5.32 Å². The second-order valence-corrected chi connectivity index (χ2v) is 17.6. The Morgan fingerprint density at radius 1 is 0.948 bits per heavy atom. The van der Waals surface area contributed by atoms with E-state index in [-0.39, 0.29) is 29.7 Å². The molecule has 4 aliphatic rings. The highest BCUT2D eigenvalue weighted by Gasteiger charge is 2.78. The molecule has 15 heteroatoms. The van der Waals surface area contributed by atoms with E-state index in [2.05, 4.69) is 5.32 Å². The molecule has 2 saturated carbocycles. The summed E-state index contributed by atoms with van der Waals surface area (Å²) in [5, 5.41) is 51.6. The molecule has 2 aromatic rings. The molecule has 0 unspecified atom stereocenters. The summed E-state index contributed by atoms with van der Waals surface area (Å²) in [7, 11) is 0. The van der Waals surface area contributed by atoms with Crippen molar-refractivity contribution in [1.82, 2.24) is 5.32 Å². The van der Waals surface area contributed by atoms with Crippen LogP contribution in [0.15, 0.2) is 71.8 Å². The number of nitrogens with one attached hydrogen (secondary N) is 1. The molecule has 11 atom stereocenters. The quantitative estimate of drug-likeness (QED) is 0.147. The summed E-state index contributed by atoms with van der Waals surface area (Å²) in [6.45, 7) is 11.8. The number of hydrogen-bond donors (Lipinski definition) is 5. The van der Waals surface area contributed by atoms with Crippen LogP contribution in [-0.4, -0.2) is 110 Å². The number of ketones is 1. The van der Waals surface area contributed by atoms with E-state index in [4.69, 9.17) is 23.7 Å². The molecule has 15 nitrogen and oxygen atoms in total. The monoisotopic (exact) mass is 807 g/mol. The largest absolute Gasteiger partial charge is 0.456 e. The number of amides is 1. The summed E-state index contributed by atoms with van der Waals surface area (Å²) < 4.78 is 29.5. The summed E-state index contributed by atoms with van der Waals surface area (Å²) in [6.07, 6.45) is -11.5. The Labute approximate surface area is 336 Å². The fraction of sp³-hybridized carbons (Fsp3) is 0.558. The van der Waals surface area contributed by atoms with Gasteiger partial charge < -0.3 is 49.4 Å². The molecule has 3 fully saturated rings. The molecular weight excluding hydrogens is 754 g/mol. The Kier molecular flexibility index (Phi) is 11.2. The van der Waals surface area contributed by atoms with Gasteiger partial charge in [-0.05, 0) is 63.5 Å². The number of benzene rings is 2. The lowest BCUT2D eigenvalue weighted by molar-refractivity contribution is -0.346. The molecule has 3 aliphatic carbocycles. The van der Waals surface area contributed by atoms with Crippen LogP contribution in [0, 0.1) is 16.7 Å². The Bertz CT molecular complexity index is 1980. The maximum absolute atomic E-state index is 14.9. The lowest BCUT2D eigenvalue weighted by atomic mass is 9.44. The summed E-state index contributed by atoms with van der Waals surface area (Å²) in [6, 6.07) is 14.6. The van der Waals surface area contributed by atoms with Gasteiger partial charge in [-0.25, -0.2) is 14.4 Å². The first-order valence-corrected chi connectivity index (χ1v) is 19.3. The van der Waals surface area contributed by atoms with Gasteiger partial charge in [0, 0.05) is 25.2 Å². The van der Waals surface area contributed by atoms with Crippen molar-refractivity contribution in [2.45, 2.75) is 128 Å². The second kappa shape index (κ2) is 15.2. The molecule has 0 aromatic heterocycles. The fourth-order valence-corrected chi connectivity index (χ4v) is 9.56. The second-order valence-electron chi connectivity index (χ2n) is 17.6. The van der Waals surface area contributed by atoms with E-state index in [1.165, 1.54) is 26.0 Å². The SMILES string of the molecule is CC(=O)O[C@]12CO[C@@H]1C[C@H](O)[C@]1(C)C(=O)[C@H](O)C3=C(C)[C@H](OC(=O)[C@H](O)[C@H](NC(=O)OC(C)(C)C)c4ccccc4)C[C@@](O)([C@H](OC(=O)c4ccccc4)[C@H]21)C3(C)C. The first-order chi connectivity index (χ1) is 27.0. The van der Waals surface area contributed by atoms with Gasteiger partial charge in [-0.1, -0.05) is 62.4 Å². The van der Waals surface area contributed by atoms with Crippen LogP contribution in [0.2, 0.25) is 0 Å². The van der Waals surface area contributed by atoms with Crippen molar-refractivity contribution >= 4 is 29.8 Å². The molecule has 1 aliphatic heterocycles. The fourth-order valence-electron chi connectivity index (χ4n) is 9.56. The zero-order valence-corrected chi connectivity index (χ0v) is 33.9. The predicted octanol–water partition coefficient (Wildman–Crippen LogP) is 3.26. The number of ether oxygens (including phenoxy) is 5. The number of rotatable bonds is 8. The Hall–Kier alpha value is -4.67. The third-order valence-electron chi connectivity index (χ3n) is 12.6. The zero-order valence-electron chi connectivity index (χ0n) is 33.9. The first-order valence-electron chi connectivity index (χ1n) is 19.3. The third kappa shape index (κ3) is 7.10. The molecule has 2 aromatic carbocycles. The standard InChI is InChI=1S/C43H53NO14/c1-22-26(55-37(51)32(48)30(24-15-11-9-12-16-24)44-38(52)58-39(3,4)5)20-43(53)35(56-36(50)25-17-13-10-14-18-25)33-41(8,34(49)31(47)29(22)40(43,6)7)27(46)19-28-42(33,21-54-28)57-23(2)45/h9-18,26-28,30-33,35,46-48,53H,19-21H2,1-8H3,(H,44,52)/t26-,27+,28-,30-,31-,32-,33+,35-,41+,42-,43-/m1/s1. The van der Waals surface area contributed by atoms with Crippen molar-refractivity contribution in [1.29, 1.82) is 0 Å². The maximum Gasteiger partial charge on any atom is 0.408 e. The molecule has 0 spiro atoms. The van der Waals surface area contributed by atoms with Gasteiger partial charge >= 0.3 is 24.0 Å². The highest BCUT2D eigenvalue weighted by atomic mass is 16.6. The maximum atomic E-state index is 14.9. The van der Waals surface area contributed by atoms with Crippen LogP contribution in [0.5, 0.6) is 0 Å². The molecule has 1 amide bonds. The minimum atomic E-state index is -2.35. The van der Waals surface area contributed by atoms with Crippen molar-refractivity contribution < 1.29 is 68.1 Å². The predicted molar refractivity (Wildman–Crippen MR) is 204 cm³/mol. The molecule has 0 radical (unpaired) electrons. The van der Waals surface area contributed by atoms with Crippen LogP contribution in [0.4, 0.5) is 4.79 Å². The van der Waals surface area contributed by atoms with Gasteiger partial charge in [-0.2, -0.15) is 0 Å². The summed E-state index contributed by atoms with van der Waals surface area (Å²) in [5.41, 5.74) is -8.14. The Balaban J connectivity index is 1.49. The normalized spacial score (nSPS) is 33.7. The van der Waals surface area contributed by atoms with E-state index in [9.17, 15) is 44.4 Å². The topological polar surface area (TPSA) is 224 Å². The van der Waals surface area contributed by atoms with Crippen LogP contribution in [0.25, 0.3) is 0 Å². The van der Waals surface area contributed by atoms with Gasteiger partial charge in [0.1, 0.15) is 35.6 Å². The number of carbonyl (C=O) groups excluding carboxylic acids is 5. The van der Waals surface area contributed by atoms with Gasteiger partial charge in [0.2, 0.25) is 0 Å². The smallest absolute Gasteiger partial charge is 0.408 e. The van der Waals surface area contributed by atoms with Crippen molar-refractivity contribution in [2.24, 2.45) is 16.7 Å². The highest BCUT2D eigenvalue weighted by molar-refractivity contribution is 5.94. The summed E-state index contributed by atoms with van der Waals surface area (Å²) in [5.74, 6) is -5.36. The number of aliphatic hydroxyl groups excluding tert-OH is 3. The van der Waals surface area contributed by atoms with E-state index < -0.39 is 112 Å². The van der Waals surface area contributed by atoms with Crippen LogP contribution in [0.1, 0.15) is 90.2 Å². The van der Waals surface area contributed by atoms with Gasteiger partial charge in [0.05, 0.1) is 35.6 Å². The van der Waals surface area contributed by atoms with Gasteiger partial charge in [0.15, 0.2) is 17.5 Å². The number of hydrogen-bond acceptors (Lipinski definition) is 14. The lowest BCUT2D eigenvalue weighted by Gasteiger charge is -2.67. The molecule has 5 N–H and O–H groups in total. The van der Waals surface area contributed by atoms with Crippen LogP contribution >= 0.6 is 0 Å². The lowest BCUT2D eigenvalue weighted by Crippen LogP contribution is -2.81. The molecule has 2 bridgehead atoms. The van der Waals surface area contributed by atoms with Crippen molar-refractivity contribution in [3.63, 3.8) is 0 Å². The van der Waals surface area contributed by atoms with E-state index in [0.717, 1.165) is 6.92 Å². The van der Waals surface area contributed by atoms with Crippen LogP contribution in [-0.2, 0) is 38.1 Å². The number of aliphatic hydroxyl groups is 4. The summed E-state index contributed by atoms with van der Waals surface area (Å²) >= 11 is 0. The highest BCUT2D eigenvalue weighted by Crippen LogP contribution is 2.64. The number of carbonyl (C=O) groups is 5. The van der Waals surface area contributed by atoms with Gasteiger partial charge in [-0.3, -0.25) is 9.59 Å². The molecular formula is C43H53NO14. The van der Waals surface area contributed by atoms with E-state index in [1.54, 1.807) is 83.1 Å². The number of Topliss-reactive ketones (excluding diaryl/α,β-unsaturated/α-hetero) is 1. The van der Waals surface area contributed by atoms with Crippen molar-refractivity contribution in [3.05, 3.63) is 82.9 Å². The average molecular weight is 808 g/mol. The van der Waals surface area contributed by atoms with E-state index in [0.29, 0.717) is 5.56 Å². The van der Waals surface area contributed by atoms with E-state index in [1.807, 2.05) is 0 Å². The van der Waals surface area contributed by atoms with Crippen molar-refractivity contribution in [2.75, 3.05) is 6.61 Å². The molecule has 314 valence electrons. The molecule has 1 saturated heterocycles. The first kappa shape index (κ1) is 42.9. The minimum Gasteiger partial charge on any atom is -0.456 e. The zero-order chi connectivity index (χ0) is 42.7. The number of esters is 3. The number of fused-ring (bicyclic) bond motifs is 5. The minimum absolute atomic E-state index is 0.0637. The van der Waals surface area contributed by atoms with Gasteiger partial charge in [-0.15, -0.1) is 0 Å². The Morgan fingerprint density at radius 3 is 2.10 bits per heavy atom.